The van der Waals surface area contributed by atoms with Crippen LogP contribution in [-0.2, 0) is 10.2 Å². The summed E-state index contributed by atoms with van der Waals surface area (Å²) in [5.74, 6) is 0. The van der Waals surface area contributed by atoms with Crippen molar-refractivity contribution in [1.82, 2.24) is 0 Å². The van der Waals surface area contributed by atoms with Crippen molar-refractivity contribution in [3.05, 3.63) is 71.8 Å². The zero-order valence-corrected chi connectivity index (χ0v) is 11.0. The van der Waals surface area contributed by atoms with Crippen LogP contribution in [0.4, 0.5) is 0 Å². The highest BCUT2D eigenvalue weighted by Crippen LogP contribution is 2.53. The Bertz CT molecular complexity index is 521. The largest absolute Gasteiger partial charge is 0.368 e. The van der Waals surface area contributed by atoms with E-state index in [4.69, 9.17) is 4.74 Å². The Labute approximate surface area is 114 Å². The van der Waals surface area contributed by atoms with E-state index in [-0.39, 0.29) is 5.41 Å². The molecule has 0 bridgehead atoms. The lowest BCUT2D eigenvalue weighted by Gasteiger charge is -2.36. The summed E-state index contributed by atoms with van der Waals surface area (Å²) in [7, 11) is 0. The van der Waals surface area contributed by atoms with Gasteiger partial charge < -0.3 is 4.74 Å². The second-order valence-electron chi connectivity index (χ2n) is 5.69. The van der Waals surface area contributed by atoms with E-state index in [0.717, 1.165) is 0 Å². The Morgan fingerprint density at radius 2 is 1.42 bits per heavy atom. The highest BCUT2D eigenvalue weighted by molar-refractivity contribution is 5.44. The monoisotopic (exact) mass is 250 g/mol. The fourth-order valence-electron chi connectivity index (χ4n) is 3.78. The highest BCUT2D eigenvalue weighted by Gasteiger charge is 2.58. The van der Waals surface area contributed by atoms with Gasteiger partial charge in [0.2, 0.25) is 0 Å². The van der Waals surface area contributed by atoms with Gasteiger partial charge in [0.15, 0.2) is 0 Å². The minimum atomic E-state index is 0.0748. The number of benzene rings is 2. The Morgan fingerprint density at radius 1 is 0.842 bits per heavy atom. The van der Waals surface area contributed by atoms with Crippen LogP contribution >= 0.6 is 0 Å². The minimum absolute atomic E-state index is 0.0748. The zero-order valence-electron chi connectivity index (χ0n) is 11.0. The lowest BCUT2D eigenvalue weighted by molar-refractivity contribution is 0.312. The summed E-state index contributed by atoms with van der Waals surface area (Å²) in [4.78, 5) is 0. The van der Waals surface area contributed by atoms with E-state index in [9.17, 15) is 0 Å². The van der Waals surface area contributed by atoms with E-state index in [1.807, 2.05) is 0 Å². The summed E-state index contributed by atoms with van der Waals surface area (Å²) in [6.45, 7) is 0. The lowest BCUT2D eigenvalue weighted by atomic mass is 9.65. The first kappa shape index (κ1) is 11.2. The van der Waals surface area contributed by atoms with Crippen LogP contribution in [0.5, 0.6) is 0 Å². The second-order valence-corrected chi connectivity index (χ2v) is 5.69. The molecule has 1 saturated heterocycles. The Morgan fingerprint density at radius 3 is 2.00 bits per heavy atom. The third kappa shape index (κ3) is 1.65. The molecule has 2 aromatic rings. The maximum atomic E-state index is 6.00. The molecule has 1 nitrogen and oxygen atoms in total. The summed E-state index contributed by atoms with van der Waals surface area (Å²) in [5.41, 5.74) is 2.90. The number of ether oxygens (including phenoxy) is 1. The molecule has 4 rings (SSSR count). The van der Waals surface area contributed by atoms with Gasteiger partial charge in [-0.25, -0.2) is 0 Å². The van der Waals surface area contributed by atoms with Crippen LogP contribution in [-0.4, -0.2) is 12.2 Å². The van der Waals surface area contributed by atoms with E-state index in [1.54, 1.807) is 0 Å². The van der Waals surface area contributed by atoms with E-state index >= 15 is 0 Å². The van der Waals surface area contributed by atoms with Crippen molar-refractivity contribution < 1.29 is 4.74 Å². The summed E-state index contributed by atoms with van der Waals surface area (Å²) in [6, 6.07) is 21.8. The molecule has 1 heteroatoms. The van der Waals surface area contributed by atoms with Crippen LogP contribution < -0.4 is 0 Å². The van der Waals surface area contributed by atoms with Crippen LogP contribution in [0.2, 0.25) is 0 Å². The van der Waals surface area contributed by atoms with Crippen molar-refractivity contribution in [2.45, 2.75) is 36.9 Å². The number of epoxide rings is 1. The smallest absolute Gasteiger partial charge is 0.0978 e. The average Bonchev–Trinajstić information content (AvgIpc) is 3.28. The zero-order chi connectivity index (χ0) is 12.7. The van der Waals surface area contributed by atoms with E-state index < -0.39 is 0 Å². The van der Waals surface area contributed by atoms with E-state index in [1.165, 1.54) is 30.4 Å². The SMILES string of the molecule is c1ccc(C2(c3ccccc3)CCCC3OC32)cc1. The van der Waals surface area contributed by atoms with E-state index in [2.05, 4.69) is 60.7 Å². The molecule has 2 aromatic carbocycles. The van der Waals surface area contributed by atoms with Gasteiger partial charge in [-0.2, -0.15) is 0 Å². The number of hydrogen-bond donors (Lipinski definition) is 0. The molecule has 96 valence electrons. The molecular weight excluding hydrogens is 232 g/mol. The van der Waals surface area contributed by atoms with Gasteiger partial charge in [-0.15, -0.1) is 0 Å². The molecule has 1 saturated carbocycles. The summed E-state index contributed by atoms with van der Waals surface area (Å²) < 4.78 is 6.00. The maximum Gasteiger partial charge on any atom is 0.0978 e. The van der Waals surface area contributed by atoms with Gasteiger partial charge in [-0.1, -0.05) is 60.7 Å². The first-order chi connectivity index (χ1) is 9.41. The molecule has 1 aliphatic heterocycles. The van der Waals surface area contributed by atoms with Crippen LogP contribution in [0, 0.1) is 0 Å². The van der Waals surface area contributed by atoms with Gasteiger partial charge in [0.1, 0.15) is 0 Å². The Balaban J connectivity index is 1.89. The lowest BCUT2D eigenvalue weighted by Crippen LogP contribution is -2.37. The molecule has 0 N–H and O–H groups in total. The van der Waals surface area contributed by atoms with Gasteiger partial charge in [0, 0.05) is 5.41 Å². The third-order valence-corrected chi connectivity index (χ3v) is 4.71. The highest BCUT2D eigenvalue weighted by atomic mass is 16.6. The molecule has 0 spiro atoms. The first-order valence-corrected chi connectivity index (χ1v) is 7.18. The Kier molecular flexibility index (Phi) is 2.49. The average molecular weight is 250 g/mol. The molecule has 2 aliphatic rings. The molecule has 1 aliphatic carbocycles. The normalized spacial score (nSPS) is 27.6. The van der Waals surface area contributed by atoms with E-state index in [0.29, 0.717) is 12.2 Å². The van der Waals surface area contributed by atoms with Crippen molar-refractivity contribution in [1.29, 1.82) is 0 Å². The van der Waals surface area contributed by atoms with Crippen molar-refractivity contribution in [2.75, 3.05) is 0 Å². The van der Waals surface area contributed by atoms with Gasteiger partial charge in [0.25, 0.3) is 0 Å². The van der Waals surface area contributed by atoms with Crippen LogP contribution in [0.3, 0.4) is 0 Å². The summed E-state index contributed by atoms with van der Waals surface area (Å²) in [6.07, 6.45) is 4.54. The van der Waals surface area contributed by atoms with Crippen LogP contribution in [0.15, 0.2) is 60.7 Å². The molecule has 2 atom stereocenters. The fourth-order valence-corrected chi connectivity index (χ4v) is 3.78. The van der Waals surface area contributed by atoms with Crippen molar-refractivity contribution in [3.8, 4) is 0 Å². The topological polar surface area (TPSA) is 12.5 Å². The molecule has 0 aromatic heterocycles. The Hall–Kier alpha value is -1.60. The second kappa shape index (κ2) is 4.21. The molecule has 2 fully saturated rings. The molecule has 2 unspecified atom stereocenters. The molecule has 0 radical (unpaired) electrons. The van der Waals surface area contributed by atoms with Gasteiger partial charge in [0.05, 0.1) is 12.2 Å². The minimum Gasteiger partial charge on any atom is -0.368 e. The third-order valence-electron chi connectivity index (χ3n) is 4.71. The first-order valence-electron chi connectivity index (χ1n) is 7.18. The number of fused-ring (bicyclic) bond motifs is 1. The molecule has 19 heavy (non-hydrogen) atoms. The maximum absolute atomic E-state index is 6.00. The number of rotatable bonds is 2. The van der Waals surface area contributed by atoms with Gasteiger partial charge >= 0.3 is 0 Å². The standard InChI is InChI=1S/C18H18O/c1-3-8-14(9-4-1)18(15-10-5-2-6-11-15)13-7-12-16-17(18)19-16/h1-6,8-11,16-17H,7,12-13H2. The van der Waals surface area contributed by atoms with Crippen molar-refractivity contribution in [2.24, 2.45) is 0 Å². The number of hydrogen-bond acceptors (Lipinski definition) is 1. The predicted molar refractivity (Wildman–Crippen MR) is 76.2 cm³/mol. The molecular formula is C18H18O. The fraction of sp³-hybridized carbons (Fsp3) is 0.333. The van der Waals surface area contributed by atoms with Crippen LogP contribution in [0.1, 0.15) is 30.4 Å². The predicted octanol–water partition coefficient (Wildman–Crippen LogP) is 3.92. The van der Waals surface area contributed by atoms with Gasteiger partial charge in [-0.05, 0) is 30.4 Å². The van der Waals surface area contributed by atoms with Crippen molar-refractivity contribution in [3.63, 3.8) is 0 Å². The van der Waals surface area contributed by atoms with Gasteiger partial charge in [-0.3, -0.25) is 0 Å². The molecule has 1 heterocycles. The summed E-state index contributed by atoms with van der Waals surface area (Å²) in [5, 5.41) is 0. The van der Waals surface area contributed by atoms with Crippen LogP contribution in [0.25, 0.3) is 0 Å². The quantitative estimate of drug-likeness (QED) is 0.736. The summed E-state index contributed by atoms with van der Waals surface area (Å²) >= 11 is 0. The van der Waals surface area contributed by atoms with Crippen molar-refractivity contribution >= 4 is 0 Å². The molecule has 0 amide bonds.